The van der Waals surface area contributed by atoms with E-state index in [2.05, 4.69) is 18.2 Å². The molecule has 2 aliphatic rings. The van der Waals surface area contributed by atoms with Gasteiger partial charge in [-0.2, -0.15) is 4.31 Å². The minimum absolute atomic E-state index is 0.0115. The van der Waals surface area contributed by atoms with Crippen molar-refractivity contribution in [2.24, 2.45) is 5.92 Å². The lowest BCUT2D eigenvalue weighted by molar-refractivity contribution is -0.136. The minimum Gasteiger partial charge on any atom is -0.338 e. The van der Waals surface area contributed by atoms with Gasteiger partial charge in [-0.25, -0.2) is 12.8 Å². The third kappa shape index (κ3) is 4.32. The molecule has 7 heteroatoms. The van der Waals surface area contributed by atoms with E-state index in [9.17, 15) is 17.6 Å². The Labute approximate surface area is 176 Å². The Morgan fingerprint density at radius 3 is 2.40 bits per heavy atom. The van der Waals surface area contributed by atoms with Crippen LogP contribution in [0, 0.1) is 11.7 Å². The van der Waals surface area contributed by atoms with E-state index in [4.69, 9.17) is 0 Å². The summed E-state index contributed by atoms with van der Waals surface area (Å²) >= 11 is 0. The zero-order valence-electron chi connectivity index (χ0n) is 16.7. The van der Waals surface area contributed by atoms with Crippen LogP contribution in [0.25, 0.3) is 5.57 Å². The number of hydrogen-bond acceptors (Lipinski definition) is 3. The van der Waals surface area contributed by atoms with Crippen LogP contribution in [0.5, 0.6) is 0 Å². The molecule has 0 N–H and O–H groups in total. The summed E-state index contributed by atoms with van der Waals surface area (Å²) in [5, 5.41) is 0. The number of amides is 1. The van der Waals surface area contributed by atoms with E-state index >= 15 is 0 Å². The summed E-state index contributed by atoms with van der Waals surface area (Å²) in [6.07, 6.45) is 4.20. The topological polar surface area (TPSA) is 57.7 Å². The van der Waals surface area contributed by atoms with Crippen LogP contribution in [0.4, 0.5) is 4.39 Å². The van der Waals surface area contributed by atoms with Gasteiger partial charge in [0, 0.05) is 26.2 Å². The van der Waals surface area contributed by atoms with Crippen molar-refractivity contribution < 1.29 is 17.6 Å². The number of rotatable bonds is 4. The predicted molar refractivity (Wildman–Crippen MR) is 113 cm³/mol. The first-order valence-electron chi connectivity index (χ1n) is 10.2. The molecule has 2 aliphatic heterocycles. The van der Waals surface area contributed by atoms with Gasteiger partial charge in [-0.3, -0.25) is 4.79 Å². The Hall–Kier alpha value is -2.51. The number of hydrogen-bond donors (Lipinski definition) is 0. The van der Waals surface area contributed by atoms with Gasteiger partial charge >= 0.3 is 0 Å². The first kappa shape index (κ1) is 20.8. The Morgan fingerprint density at radius 2 is 1.73 bits per heavy atom. The number of carbonyl (C=O) groups is 1. The summed E-state index contributed by atoms with van der Waals surface area (Å²) in [7, 11) is -3.74. The highest BCUT2D eigenvalue weighted by Crippen LogP contribution is 2.27. The monoisotopic (exact) mass is 428 g/mol. The Morgan fingerprint density at radius 1 is 1.00 bits per heavy atom. The van der Waals surface area contributed by atoms with Crippen LogP contribution in [0.2, 0.25) is 0 Å². The van der Waals surface area contributed by atoms with Crippen LogP contribution >= 0.6 is 0 Å². The zero-order valence-corrected chi connectivity index (χ0v) is 17.5. The van der Waals surface area contributed by atoms with Crippen LogP contribution in [0.3, 0.4) is 0 Å². The maximum Gasteiger partial charge on any atom is 0.243 e. The summed E-state index contributed by atoms with van der Waals surface area (Å²) in [4.78, 5) is 15.0. The van der Waals surface area contributed by atoms with E-state index in [1.54, 1.807) is 0 Å². The van der Waals surface area contributed by atoms with Crippen molar-refractivity contribution in [3.8, 4) is 0 Å². The summed E-state index contributed by atoms with van der Waals surface area (Å²) < 4.78 is 40.3. The van der Waals surface area contributed by atoms with Gasteiger partial charge < -0.3 is 4.90 Å². The van der Waals surface area contributed by atoms with Gasteiger partial charge in [0.25, 0.3) is 0 Å². The molecule has 0 saturated carbocycles. The fraction of sp³-hybridized carbons (Fsp3) is 0.348. The van der Waals surface area contributed by atoms with Gasteiger partial charge in [-0.15, -0.1) is 0 Å². The summed E-state index contributed by atoms with van der Waals surface area (Å²) in [6.45, 7) is 1.73. The Balaban J connectivity index is 1.43. The number of halogens is 1. The standard InChI is InChI=1S/C23H25FN2O3S/c24-21-8-10-22(11-9-21)30(28,29)26-14-4-7-20(17-26)23(27)25-15-12-19(13-16-25)18-5-2-1-3-6-18/h1-3,5-6,8-12,20H,4,7,13-17H2. The highest BCUT2D eigenvalue weighted by atomic mass is 32.2. The van der Waals surface area contributed by atoms with Crippen LogP contribution in [-0.2, 0) is 14.8 Å². The van der Waals surface area contributed by atoms with Crippen LogP contribution < -0.4 is 0 Å². The van der Waals surface area contributed by atoms with Gasteiger partial charge in [0.05, 0.1) is 10.8 Å². The molecule has 5 nitrogen and oxygen atoms in total. The van der Waals surface area contributed by atoms with Gasteiger partial charge in [-0.1, -0.05) is 36.4 Å². The molecule has 158 valence electrons. The van der Waals surface area contributed by atoms with Crippen molar-refractivity contribution in [1.29, 1.82) is 0 Å². The molecule has 0 bridgehead atoms. The predicted octanol–water partition coefficient (Wildman–Crippen LogP) is 3.54. The van der Waals surface area contributed by atoms with E-state index in [1.807, 2.05) is 23.1 Å². The second-order valence-corrected chi connectivity index (χ2v) is 9.72. The van der Waals surface area contributed by atoms with Crippen molar-refractivity contribution in [3.05, 3.63) is 72.1 Å². The molecule has 2 heterocycles. The molecule has 30 heavy (non-hydrogen) atoms. The third-order valence-corrected chi connectivity index (χ3v) is 7.73. The molecule has 1 amide bonds. The smallest absolute Gasteiger partial charge is 0.243 e. The normalized spacial score (nSPS) is 20.6. The minimum atomic E-state index is -3.74. The van der Waals surface area contributed by atoms with Crippen molar-refractivity contribution in [2.45, 2.75) is 24.2 Å². The quantitative estimate of drug-likeness (QED) is 0.749. The van der Waals surface area contributed by atoms with Crippen LogP contribution in [0.15, 0.2) is 65.6 Å². The van der Waals surface area contributed by atoms with Crippen molar-refractivity contribution in [1.82, 2.24) is 9.21 Å². The van der Waals surface area contributed by atoms with Crippen LogP contribution in [-0.4, -0.2) is 49.7 Å². The molecule has 1 unspecified atom stereocenters. The maximum atomic E-state index is 13.2. The Bertz CT molecular complexity index is 1040. The lowest BCUT2D eigenvalue weighted by atomic mass is 9.95. The summed E-state index contributed by atoms with van der Waals surface area (Å²) in [5.41, 5.74) is 2.42. The van der Waals surface area contributed by atoms with Gasteiger partial charge in [0.15, 0.2) is 0 Å². The molecule has 1 atom stereocenters. The molecule has 0 aliphatic carbocycles. The number of piperidine rings is 1. The fourth-order valence-electron chi connectivity index (χ4n) is 4.16. The van der Waals surface area contributed by atoms with Crippen molar-refractivity contribution >= 4 is 21.5 Å². The number of sulfonamides is 1. The molecular weight excluding hydrogens is 403 g/mol. The molecule has 0 spiro atoms. The van der Waals surface area contributed by atoms with Gasteiger partial charge in [0.2, 0.25) is 15.9 Å². The third-order valence-electron chi connectivity index (χ3n) is 5.85. The fourth-order valence-corrected chi connectivity index (χ4v) is 5.68. The number of benzene rings is 2. The largest absolute Gasteiger partial charge is 0.338 e. The number of carbonyl (C=O) groups excluding carboxylic acids is 1. The molecule has 2 aromatic rings. The molecule has 0 radical (unpaired) electrons. The molecule has 2 aromatic carbocycles. The zero-order chi connectivity index (χ0) is 21.1. The van der Waals surface area contributed by atoms with E-state index in [0.717, 1.165) is 18.6 Å². The van der Waals surface area contributed by atoms with E-state index in [0.29, 0.717) is 32.5 Å². The SMILES string of the molecule is O=C(C1CCCN(S(=O)(=O)c2ccc(F)cc2)C1)N1CC=C(c2ccccc2)CC1. The van der Waals surface area contributed by atoms with Gasteiger partial charge in [0.1, 0.15) is 5.82 Å². The summed E-state index contributed by atoms with van der Waals surface area (Å²) in [5.74, 6) is -0.813. The first-order chi connectivity index (χ1) is 14.4. The average molecular weight is 429 g/mol. The number of nitrogens with zero attached hydrogens (tertiary/aromatic N) is 2. The van der Waals surface area contributed by atoms with Crippen LogP contribution in [0.1, 0.15) is 24.8 Å². The molecular formula is C23H25FN2O3S. The first-order valence-corrected chi connectivity index (χ1v) is 11.7. The molecule has 0 aromatic heterocycles. The van der Waals surface area contributed by atoms with E-state index < -0.39 is 15.8 Å². The van der Waals surface area contributed by atoms with E-state index in [-0.39, 0.29) is 23.3 Å². The second-order valence-electron chi connectivity index (χ2n) is 7.79. The second kappa shape index (κ2) is 8.70. The highest BCUT2D eigenvalue weighted by molar-refractivity contribution is 7.89. The summed E-state index contributed by atoms with van der Waals surface area (Å²) in [6, 6.07) is 15.0. The lowest BCUT2D eigenvalue weighted by Gasteiger charge is -2.35. The highest BCUT2D eigenvalue weighted by Gasteiger charge is 2.35. The van der Waals surface area contributed by atoms with Crippen molar-refractivity contribution in [3.63, 3.8) is 0 Å². The molecule has 4 rings (SSSR count). The van der Waals surface area contributed by atoms with E-state index in [1.165, 1.54) is 27.6 Å². The maximum absolute atomic E-state index is 13.2. The van der Waals surface area contributed by atoms with Gasteiger partial charge in [-0.05, 0) is 54.7 Å². The molecule has 1 fully saturated rings. The Kier molecular flexibility index (Phi) is 6.01. The lowest BCUT2D eigenvalue weighted by Crippen LogP contribution is -2.47. The van der Waals surface area contributed by atoms with Crippen molar-refractivity contribution in [2.75, 3.05) is 26.2 Å². The molecule has 1 saturated heterocycles. The average Bonchev–Trinajstić information content (AvgIpc) is 2.80.